The number of thiocarbonyl (C=S) groups is 1. The van der Waals surface area contributed by atoms with Crippen LogP contribution in [0.4, 0.5) is 5.69 Å². The van der Waals surface area contributed by atoms with Gasteiger partial charge >= 0.3 is 0 Å². The van der Waals surface area contributed by atoms with E-state index in [2.05, 4.69) is 61.9 Å². The first-order valence-electron chi connectivity index (χ1n) is 11.0. The fourth-order valence-electron chi connectivity index (χ4n) is 4.39. The SMILES string of the molecule is Cc1ccc(C)c(NC(=O)CCN2C(=S)N[C@H](c3ccccn3)[C@H]2c2c(C)[nH]c(C)c2I)c1. The van der Waals surface area contributed by atoms with E-state index in [0.29, 0.717) is 18.1 Å². The maximum absolute atomic E-state index is 12.9. The fourth-order valence-corrected chi connectivity index (χ4v) is 5.58. The van der Waals surface area contributed by atoms with Crippen LogP contribution in [-0.4, -0.2) is 32.4 Å². The topological polar surface area (TPSA) is 73.1 Å². The largest absolute Gasteiger partial charge is 0.362 e. The van der Waals surface area contributed by atoms with Crippen molar-refractivity contribution in [1.29, 1.82) is 0 Å². The highest BCUT2D eigenvalue weighted by molar-refractivity contribution is 14.1. The minimum Gasteiger partial charge on any atom is -0.362 e. The number of amides is 1. The summed E-state index contributed by atoms with van der Waals surface area (Å²) in [6.07, 6.45) is 2.14. The number of benzene rings is 1. The molecule has 2 aromatic heterocycles. The van der Waals surface area contributed by atoms with Crippen LogP contribution in [0.2, 0.25) is 0 Å². The normalized spacial score (nSPS) is 17.8. The number of nitrogens with zero attached hydrogens (tertiary/aromatic N) is 2. The lowest BCUT2D eigenvalue weighted by atomic mass is 9.96. The van der Waals surface area contributed by atoms with E-state index in [0.717, 1.165) is 33.9 Å². The third-order valence-electron chi connectivity index (χ3n) is 6.09. The molecule has 8 heteroatoms. The Morgan fingerprint density at radius 1 is 1.18 bits per heavy atom. The second-order valence-electron chi connectivity index (χ2n) is 8.54. The Labute approximate surface area is 213 Å². The van der Waals surface area contributed by atoms with E-state index in [1.165, 1.54) is 9.13 Å². The van der Waals surface area contributed by atoms with Crippen LogP contribution in [0, 0.1) is 31.3 Å². The molecular formula is C25H28IN5OS. The van der Waals surface area contributed by atoms with Gasteiger partial charge in [-0.2, -0.15) is 0 Å². The number of carbonyl (C=O) groups is 1. The van der Waals surface area contributed by atoms with Gasteiger partial charge in [0.15, 0.2) is 5.11 Å². The minimum atomic E-state index is -0.0943. The van der Waals surface area contributed by atoms with Gasteiger partial charge in [0.1, 0.15) is 0 Å². The van der Waals surface area contributed by atoms with Gasteiger partial charge in [-0.1, -0.05) is 18.2 Å². The maximum Gasteiger partial charge on any atom is 0.226 e. The number of hydrogen-bond acceptors (Lipinski definition) is 3. The molecule has 0 aliphatic carbocycles. The Morgan fingerprint density at radius 3 is 2.64 bits per heavy atom. The van der Waals surface area contributed by atoms with Gasteiger partial charge in [0, 0.05) is 45.4 Å². The van der Waals surface area contributed by atoms with Crippen LogP contribution < -0.4 is 10.6 Å². The number of aryl methyl sites for hydroxylation is 4. The Hall–Kier alpha value is -2.46. The summed E-state index contributed by atoms with van der Waals surface area (Å²) in [5, 5.41) is 7.18. The van der Waals surface area contributed by atoms with Gasteiger partial charge in [-0.15, -0.1) is 0 Å². The molecule has 172 valence electrons. The number of rotatable bonds is 6. The molecule has 1 amide bonds. The van der Waals surface area contributed by atoms with E-state index < -0.39 is 0 Å². The third kappa shape index (κ3) is 4.91. The molecule has 3 heterocycles. The van der Waals surface area contributed by atoms with Crippen molar-refractivity contribution in [2.75, 3.05) is 11.9 Å². The molecule has 1 aromatic carbocycles. The summed E-state index contributed by atoms with van der Waals surface area (Å²) in [6.45, 7) is 8.70. The number of aromatic nitrogens is 2. The molecule has 0 unspecified atom stereocenters. The summed E-state index contributed by atoms with van der Waals surface area (Å²) < 4.78 is 1.19. The summed E-state index contributed by atoms with van der Waals surface area (Å²) >= 11 is 8.15. The molecule has 33 heavy (non-hydrogen) atoms. The first-order chi connectivity index (χ1) is 15.8. The average molecular weight is 574 g/mol. The molecule has 3 N–H and O–H groups in total. The Balaban J connectivity index is 1.59. The first-order valence-corrected chi connectivity index (χ1v) is 12.4. The Kier molecular flexibility index (Phi) is 7.04. The number of carbonyl (C=O) groups excluding carboxylic acids is 1. The molecule has 0 spiro atoms. The van der Waals surface area contributed by atoms with E-state index in [9.17, 15) is 4.79 Å². The van der Waals surface area contributed by atoms with Crippen LogP contribution in [0.3, 0.4) is 0 Å². The molecule has 1 saturated heterocycles. The van der Waals surface area contributed by atoms with Crippen LogP contribution in [-0.2, 0) is 4.79 Å². The zero-order valence-corrected chi connectivity index (χ0v) is 22.2. The van der Waals surface area contributed by atoms with Crippen molar-refractivity contribution in [2.24, 2.45) is 0 Å². The van der Waals surface area contributed by atoms with Gasteiger partial charge in [0.05, 0.1) is 17.8 Å². The lowest BCUT2D eigenvalue weighted by Crippen LogP contribution is -2.33. The molecule has 3 aromatic rings. The quantitative estimate of drug-likeness (QED) is 0.278. The van der Waals surface area contributed by atoms with E-state index in [1.54, 1.807) is 6.20 Å². The summed E-state index contributed by atoms with van der Waals surface area (Å²) in [7, 11) is 0. The number of nitrogens with one attached hydrogen (secondary N) is 3. The van der Waals surface area contributed by atoms with Gasteiger partial charge in [-0.25, -0.2) is 0 Å². The number of aromatic amines is 1. The molecule has 0 bridgehead atoms. The average Bonchev–Trinajstić information content (AvgIpc) is 3.23. The molecule has 0 saturated carbocycles. The van der Waals surface area contributed by atoms with Crippen molar-refractivity contribution in [1.82, 2.24) is 20.2 Å². The van der Waals surface area contributed by atoms with Gasteiger partial charge in [-0.05, 0) is 91.8 Å². The second-order valence-corrected chi connectivity index (χ2v) is 10.0. The number of hydrogen-bond donors (Lipinski definition) is 3. The third-order valence-corrected chi connectivity index (χ3v) is 7.83. The number of halogens is 1. The van der Waals surface area contributed by atoms with Crippen LogP contribution in [0.25, 0.3) is 0 Å². The Bertz CT molecular complexity index is 1190. The van der Waals surface area contributed by atoms with Crippen molar-refractivity contribution in [2.45, 2.75) is 46.2 Å². The van der Waals surface area contributed by atoms with Gasteiger partial charge in [0.2, 0.25) is 5.91 Å². The molecular weight excluding hydrogens is 545 g/mol. The Morgan fingerprint density at radius 2 is 1.97 bits per heavy atom. The fraction of sp³-hybridized carbons (Fsp3) is 0.320. The highest BCUT2D eigenvalue weighted by Crippen LogP contribution is 2.42. The molecule has 4 rings (SSSR count). The summed E-state index contributed by atoms with van der Waals surface area (Å²) in [6, 6.07) is 11.8. The van der Waals surface area contributed by atoms with Gasteiger partial charge < -0.3 is 20.5 Å². The van der Waals surface area contributed by atoms with Crippen molar-refractivity contribution in [3.8, 4) is 0 Å². The lowest BCUT2D eigenvalue weighted by Gasteiger charge is -2.28. The summed E-state index contributed by atoms with van der Waals surface area (Å²) in [5.41, 5.74) is 7.40. The van der Waals surface area contributed by atoms with Crippen molar-refractivity contribution in [3.05, 3.63) is 79.9 Å². The zero-order chi connectivity index (χ0) is 23.7. The van der Waals surface area contributed by atoms with Crippen LogP contribution in [0.1, 0.15) is 52.3 Å². The molecule has 1 fully saturated rings. The monoisotopic (exact) mass is 573 g/mol. The molecule has 1 aliphatic heterocycles. The van der Waals surface area contributed by atoms with Crippen LogP contribution >= 0.6 is 34.8 Å². The molecule has 1 aliphatic rings. The standard InChI is InChI=1S/C25H28IN5OS/c1-14-8-9-15(2)19(13-14)29-20(32)10-12-31-24(21-16(3)28-17(4)22(21)26)23(30-25(31)33)18-7-5-6-11-27-18/h5-9,11,13,23-24,28H,10,12H2,1-4H3,(H,29,32)(H,30,33)/t23-,24-/m1/s1. The van der Waals surface area contributed by atoms with E-state index in [-0.39, 0.29) is 18.0 Å². The molecule has 0 radical (unpaired) electrons. The van der Waals surface area contributed by atoms with Gasteiger partial charge in [-0.3, -0.25) is 9.78 Å². The summed E-state index contributed by atoms with van der Waals surface area (Å²) in [5.74, 6) is -0.0248. The van der Waals surface area contributed by atoms with Crippen molar-refractivity contribution >= 4 is 51.5 Å². The van der Waals surface area contributed by atoms with E-state index in [1.807, 2.05) is 50.2 Å². The van der Waals surface area contributed by atoms with Crippen LogP contribution in [0.15, 0.2) is 42.6 Å². The minimum absolute atomic E-state index is 0.0248. The summed E-state index contributed by atoms with van der Waals surface area (Å²) in [4.78, 5) is 23.0. The highest BCUT2D eigenvalue weighted by atomic mass is 127. The number of anilines is 1. The zero-order valence-electron chi connectivity index (χ0n) is 19.2. The predicted octanol–water partition coefficient (Wildman–Crippen LogP) is 5.25. The van der Waals surface area contributed by atoms with E-state index >= 15 is 0 Å². The smallest absolute Gasteiger partial charge is 0.226 e. The second kappa shape index (κ2) is 9.80. The van der Waals surface area contributed by atoms with Crippen LogP contribution in [0.5, 0.6) is 0 Å². The molecule has 2 atom stereocenters. The highest BCUT2D eigenvalue weighted by Gasteiger charge is 2.42. The van der Waals surface area contributed by atoms with E-state index in [4.69, 9.17) is 12.2 Å². The lowest BCUT2D eigenvalue weighted by molar-refractivity contribution is -0.116. The number of H-pyrrole nitrogens is 1. The number of pyridine rings is 1. The predicted molar refractivity (Wildman–Crippen MR) is 144 cm³/mol. The molecule has 6 nitrogen and oxygen atoms in total. The first kappa shape index (κ1) is 23.7. The van der Waals surface area contributed by atoms with Gasteiger partial charge in [0.25, 0.3) is 0 Å². The van der Waals surface area contributed by atoms with Crippen molar-refractivity contribution < 1.29 is 4.79 Å². The maximum atomic E-state index is 12.9. The van der Waals surface area contributed by atoms with Crippen molar-refractivity contribution in [3.63, 3.8) is 0 Å².